The third-order valence-corrected chi connectivity index (χ3v) is 8.17. The molecule has 7 rings (SSSR count). The van der Waals surface area contributed by atoms with Crippen molar-refractivity contribution in [2.45, 2.75) is 76.3 Å². The summed E-state index contributed by atoms with van der Waals surface area (Å²) in [6.45, 7) is 0. The van der Waals surface area contributed by atoms with Gasteiger partial charge in [-0.3, -0.25) is 19.2 Å². The van der Waals surface area contributed by atoms with Crippen LogP contribution >= 0.6 is 0 Å². The summed E-state index contributed by atoms with van der Waals surface area (Å²) in [7, 11) is 2.43. The molecule has 0 radical (unpaired) electrons. The van der Waals surface area contributed by atoms with Crippen LogP contribution in [0, 0.1) is 0 Å². The molecule has 12 heteroatoms. The summed E-state index contributed by atoms with van der Waals surface area (Å²) >= 11 is 0. The van der Waals surface area contributed by atoms with E-state index in [4.69, 9.17) is 18.9 Å². The molecule has 50 heavy (non-hydrogen) atoms. The molecule has 2 atom stereocenters. The zero-order chi connectivity index (χ0) is 35.9. The van der Waals surface area contributed by atoms with Crippen LogP contribution < -0.4 is 20.1 Å². The monoisotopic (exact) mass is 686 g/mol. The molecule has 3 aromatic carbocycles. The SMILES string of the molecule is COC(=O)[C@H]1Cc2ccc(cc2)OC(=O)CCCCCCCCC(=O)Oc2ccc(cc2)C[C@H](C(=O)OC)NC(=O)c2cccc(c2)C(=O)N1. The maximum absolute atomic E-state index is 13.3. The van der Waals surface area contributed by atoms with Crippen molar-refractivity contribution < 1.29 is 47.7 Å². The van der Waals surface area contributed by atoms with E-state index in [1.807, 2.05) is 0 Å². The summed E-state index contributed by atoms with van der Waals surface area (Å²) in [6.07, 6.45) is 5.66. The van der Waals surface area contributed by atoms with Crippen molar-refractivity contribution in [1.82, 2.24) is 10.6 Å². The number of carbonyl (C=O) groups excluding carboxylic acids is 6. The third kappa shape index (κ3) is 11.6. The standard InChI is InChI=1S/C38H42N2O10/c1-47-37(45)31-22-25-14-18-29(19-15-25)49-33(41)12-7-5-3-4-6-8-13-34(42)50-30-20-16-26(17-21-30)23-32(38(46)48-2)40-36(44)28-11-9-10-27(24-28)35(43)39-31/h9-11,14-21,24,31-32H,3-8,12-13,22-23H2,1-2H3,(H,39,43)(H,40,44)/t31-,32-/m1/s1. The van der Waals surface area contributed by atoms with Crippen LogP contribution in [0.3, 0.4) is 0 Å². The van der Waals surface area contributed by atoms with Gasteiger partial charge in [-0.2, -0.15) is 0 Å². The molecule has 2 N–H and O–H groups in total. The number of esters is 4. The van der Waals surface area contributed by atoms with E-state index in [0.29, 0.717) is 35.5 Å². The number of amides is 2. The van der Waals surface area contributed by atoms with Gasteiger partial charge in [0, 0.05) is 36.8 Å². The first-order valence-electron chi connectivity index (χ1n) is 16.6. The van der Waals surface area contributed by atoms with E-state index < -0.39 is 35.8 Å². The van der Waals surface area contributed by atoms with Crippen molar-refractivity contribution in [3.8, 4) is 11.5 Å². The van der Waals surface area contributed by atoms with Crippen molar-refractivity contribution in [3.05, 3.63) is 95.1 Å². The van der Waals surface area contributed by atoms with Gasteiger partial charge >= 0.3 is 23.9 Å². The number of rotatable bonds is 2. The van der Waals surface area contributed by atoms with Crippen LogP contribution in [-0.2, 0) is 41.5 Å². The molecule has 264 valence electrons. The lowest BCUT2D eigenvalue weighted by atomic mass is 10.0. The topological polar surface area (TPSA) is 163 Å². The number of methoxy groups -OCH3 is 2. The fourth-order valence-electron chi connectivity index (χ4n) is 5.43. The molecule has 0 unspecified atom stereocenters. The van der Waals surface area contributed by atoms with E-state index >= 15 is 0 Å². The molecule has 0 saturated carbocycles. The Kier molecular flexibility index (Phi) is 14.1. The number of carbonyl (C=O) groups is 6. The van der Waals surface area contributed by atoms with Gasteiger partial charge in [-0.1, -0.05) is 56.0 Å². The van der Waals surface area contributed by atoms with Crippen LogP contribution in [0.1, 0.15) is 83.2 Å². The Labute approximate surface area is 290 Å². The minimum Gasteiger partial charge on any atom is -0.467 e. The van der Waals surface area contributed by atoms with Gasteiger partial charge in [0.2, 0.25) is 0 Å². The summed E-state index contributed by atoms with van der Waals surface area (Å²) in [5, 5.41) is 5.34. The first kappa shape index (κ1) is 37.3. The molecule has 0 fully saturated rings. The lowest BCUT2D eigenvalue weighted by molar-refractivity contribution is -0.143. The van der Waals surface area contributed by atoms with Gasteiger partial charge in [-0.15, -0.1) is 0 Å². The third-order valence-electron chi connectivity index (χ3n) is 8.17. The van der Waals surface area contributed by atoms with E-state index in [1.54, 1.807) is 48.5 Å². The maximum Gasteiger partial charge on any atom is 0.328 e. The van der Waals surface area contributed by atoms with Crippen molar-refractivity contribution in [3.63, 3.8) is 0 Å². The first-order valence-corrected chi connectivity index (χ1v) is 16.6. The smallest absolute Gasteiger partial charge is 0.328 e. The average Bonchev–Trinajstić information content (AvgIpc) is 3.12. The van der Waals surface area contributed by atoms with Gasteiger partial charge in [0.05, 0.1) is 14.2 Å². The molecule has 6 bridgehead atoms. The Morgan fingerprint density at radius 2 is 0.960 bits per heavy atom. The molecule has 4 heterocycles. The molecule has 4 aliphatic heterocycles. The van der Waals surface area contributed by atoms with Crippen LogP contribution in [-0.4, -0.2) is 62.0 Å². The summed E-state index contributed by atoms with van der Waals surface area (Å²) in [4.78, 5) is 76.5. The minimum absolute atomic E-state index is 0.0922. The highest BCUT2D eigenvalue weighted by Gasteiger charge is 2.25. The van der Waals surface area contributed by atoms with Gasteiger partial charge in [0.15, 0.2) is 0 Å². The fraction of sp³-hybridized carbons (Fsp3) is 0.368. The molecule has 3 aromatic rings. The highest BCUT2D eigenvalue weighted by molar-refractivity contribution is 6.01. The van der Waals surface area contributed by atoms with Crippen molar-refractivity contribution in [1.29, 1.82) is 0 Å². The largest absolute Gasteiger partial charge is 0.467 e. The average molecular weight is 687 g/mol. The van der Waals surface area contributed by atoms with E-state index in [2.05, 4.69) is 10.6 Å². The zero-order valence-corrected chi connectivity index (χ0v) is 28.2. The van der Waals surface area contributed by atoms with Gasteiger partial charge < -0.3 is 29.6 Å². The fourth-order valence-corrected chi connectivity index (χ4v) is 5.43. The molecule has 2 amide bonds. The van der Waals surface area contributed by atoms with E-state index in [-0.39, 0.29) is 48.7 Å². The zero-order valence-electron chi connectivity index (χ0n) is 28.2. The van der Waals surface area contributed by atoms with Crippen LogP contribution in [0.4, 0.5) is 0 Å². The quantitative estimate of drug-likeness (QED) is 0.286. The van der Waals surface area contributed by atoms with Gasteiger partial charge in [-0.05, 0) is 66.4 Å². The van der Waals surface area contributed by atoms with Crippen molar-refractivity contribution >= 4 is 35.7 Å². The van der Waals surface area contributed by atoms with Gasteiger partial charge in [-0.25, -0.2) is 9.59 Å². The second-order valence-electron chi connectivity index (χ2n) is 11.9. The van der Waals surface area contributed by atoms with Gasteiger partial charge in [0.25, 0.3) is 11.8 Å². The Morgan fingerprint density at radius 3 is 1.34 bits per heavy atom. The number of benzene rings is 3. The Balaban J connectivity index is 1.53. The highest BCUT2D eigenvalue weighted by atomic mass is 16.5. The molecule has 4 aliphatic rings. The van der Waals surface area contributed by atoms with E-state index in [9.17, 15) is 28.8 Å². The lowest BCUT2D eigenvalue weighted by Crippen LogP contribution is -2.44. The molecule has 0 spiro atoms. The van der Waals surface area contributed by atoms with Crippen molar-refractivity contribution in [2.75, 3.05) is 14.2 Å². The van der Waals surface area contributed by atoms with Crippen LogP contribution in [0.2, 0.25) is 0 Å². The van der Waals surface area contributed by atoms with Crippen LogP contribution in [0.5, 0.6) is 11.5 Å². The maximum atomic E-state index is 13.3. The summed E-state index contributed by atoms with van der Waals surface area (Å²) in [5.74, 6) is -2.56. The Hall–Kier alpha value is -5.52. The number of ether oxygens (including phenoxy) is 4. The number of nitrogens with one attached hydrogen (secondary N) is 2. The molecular weight excluding hydrogens is 644 g/mol. The molecule has 0 aromatic heterocycles. The number of hydrogen-bond donors (Lipinski definition) is 2. The molecule has 0 aliphatic carbocycles. The summed E-state index contributed by atoms with van der Waals surface area (Å²) in [6, 6.07) is 17.0. The van der Waals surface area contributed by atoms with Crippen LogP contribution in [0.25, 0.3) is 0 Å². The predicted molar refractivity (Wildman–Crippen MR) is 181 cm³/mol. The van der Waals surface area contributed by atoms with Crippen LogP contribution in [0.15, 0.2) is 72.8 Å². The molecule has 12 nitrogen and oxygen atoms in total. The minimum atomic E-state index is -1.05. The molecule has 0 saturated heterocycles. The van der Waals surface area contributed by atoms with E-state index in [0.717, 1.165) is 25.7 Å². The second-order valence-corrected chi connectivity index (χ2v) is 11.9. The molecular formula is C38H42N2O10. The predicted octanol–water partition coefficient (Wildman–Crippen LogP) is 4.66. The normalized spacial score (nSPS) is 18.8. The summed E-state index contributed by atoms with van der Waals surface area (Å²) in [5.41, 5.74) is 1.56. The Morgan fingerprint density at radius 1 is 0.580 bits per heavy atom. The summed E-state index contributed by atoms with van der Waals surface area (Å²) < 4.78 is 20.7. The lowest BCUT2D eigenvalue weighted by Gasteiger charge is -2.18. The second kappa shape index (κ2) is 18.9. The van der Waals surface area contributed by atoms with Gasteiger partial charge in [0.1, 0.15) is 23.6 Å². The highest BCUT2D eigenvalue weighted by Crippen LogP contribution is 2.18. The first-order chi connectivity index (χ1) is 24.1. The number of hydrogen-bond acceptors (Lipinski definition) is 10. The van der Waals surface area contributed by atoms with Crippen molar-refractivity contribution in [2.24, 2.45) is 0 Å². The van der Waals surface area contributed by atoms with E-state index in [1.165, 1.54) is 38.5 Å². The Bertz CT molecular complexity index is 1530.